The van der Waals surface area contributed by atoms with Gasteiger partial charge in [-0.2, -0.15) is 4.31 Å². The Kier molecular flexibility index (Phi) is 5.94. The predicted octanol–water partition coefficient (Wildman–Crippen LogP) is 1.07. The molecule has 2 aliphatic heterocycles. The van der Waals surface area contributed by atoms with E-state index in [1.165, 1.54) is 10.5 Å². The lowest BCUT2D eigenvalue weighted by Gasteiger charge is -2.41. The number of rotatable bonds is 4. The average molecular weight is 381 g/mol. The first-order valence-corrected chi connectivity index (χ1v) is 10.8. The number of piperidine rings is 2. The minimum Gasteiger partial charge on any atom is -0.338 e. The molecule has 2 saturated heterocycles. The summed E-state index contributed by atoms with van der Waals surface area (Å²) in [6.45, 7) is 4.18. The molecule has 0 spiro atoms. The Bertz CT molecular complexity index is 717. The summed E-state index contributed by atoms with van der Waals surface area (Å²) in [7, 11) is -3.53. The van der Waals surface area contributed by atoms with Gasteiger partial charge in [-0.1, -0.05) is 6.92 Å². The van der Waals surface area contributed by atoms with E-state index >= 15 is 0 Å². The number of sulfonamides is 1. The highest BCUT2D eigenvalue weighted by molar-refractivity contribution is 7.89. The van der Waals surface area contributed by atoms with Gasteiger partial charge in [0.2, 0.25) is 15.9 Å². The summed E-state index contributed by atoms with van der Waals surface area (Å²) in [5.41, 5.74) is 5.88. The maximum Gasteiger partial charge on any atom is 0.244 e. The van der Waals surface area contributed by atoms with Crippen LogP contribution >= 0.6 is 0 Å². The Labute approximate surface area is 155 Å². The van der Waals surface area contributed by atoms with Crippen molar-refractivity contribution in [2.75, 3.05) is 26.2 Å². The second-order valence-electron chi connectivity index (χ2n) is 7.42. The standard InChI is InChI=1S/C18H28N4O3S/c1-14-4-10-22(16(11-14)12-19)18(23)15-5-8-21(9-6-15)26(24,25)17-3-2-7-20-13-17/h2-3,7,13-16H,4-6,8-12,19H2,1H3. The summed E-state index contributed by atoms with van der Waals surface area (Å²) in [5.74, 6) is 0.627. The molecule has 8 heteroatoms. The lowest BCUT2D eigenvalue weighted by Crippen LogP contribution is -2.52. The van der Waals surface area contributed by atoms with E-state index in [1.54, 1.807) is 18.3 Å². The third-order valence-corrected chi connectivity index (χ3v) is 7.49. The summed E-state index contributed by atoms with van der Waals surface area (Å²) in [6.07, 6.45) is 6.00. The molecule has 7 nitrogen and oxygen atoms in total. The summed E-state index contributed by atoms with van der Waals surface area (Å²) in [4.78, 5) is 19.0. The fourth-order valence-corrected chi connectivity index (χ4v) is 5.43. The number of nitrogens with zero attached hydrogens (tertiary/aromatic N) is 3. The average Bonchev–Trinajstić information content (AvgIpc) is 2.68. The van der Waals surface area contributed by atoms with E-state index in [1.807, 2.05) is 4.90 Å². The Morgan fingerprint density at radius 1 is 1.27 bits per heavy atom. The Morgan fingerprint density at radius 2 is 2.00 bits per heavy atom. The highest BCUT2D eigenvalue weighted by Gasteiger charge is 2.37. The van der Waals surface area contributed by atoms with Gasteiger partial charge in [-0.3, -0.25) is 9.78 Å². The van der Waals surface area contributed by atoms with Crippen molar-refractivity contribution in [1.29, 1.82) is 0 Å². The smallest absolute Gasteiger partial charge is 0.244 e. The molecule has 2 N–H and O–H groups in total. The van der Waals surface area contributed by atoms with Crippen LogP contribution in [0.1, 0.15) is 32.6 Å². The van der Waals surface area contributed by atoms with Crippen LogP contribution in [0, 0.1) is 11.8 Å². The molecule has 26 heavy (non-hydrogen) atoms. The van der Waals surface area contributed by atoms with Gasteiger partial charge in [0, 0.05) is 50.5 Å². The molecule has 2 atom stereocenters. The lowest BCUT2D eigenvalue weighted by atomic mass is 9.89. The van der Waals surface area contributed by atoms with Crippen LogP contribution in [-0.2, 0) is 14.8 Å². The molecule has 1 amide bonds. The van der Waals surface area contributed by atoms with Crippen LogP contribution in [0.5, 0.6) is 0 Å². The monoisotopic (exact) mass is 380 g/mol. The van der Waals surface area contributed by atoms with E-state index in [0.29, 0.717) is 38.4 Å². The highest BCUT2D eigenvalue weighted by atomic mass is 32.2. The van der Waals surface area contributed by atoms with Crippen molar-refractivity contribution in [3.8, 4) is 0 Å². The number of likely N-dealkylation sites (tertiary alicyclic amines) is 1. The zero-order valence-corrected chi connectivity index (χ0v) is 16.1. The van der Waals surface area contributed by atoms with E-state index in [0.717, 1.165) is 19.4 Å². The van der Waals surface area contributed by atoms with Crippen LogP contribution < -0.4 is 5.73 Å². The van der Waals surface area contributed by atoms with Crippen molar-refractivity contribution in [1.82, 2.24) is 14.2 Å². The first kappa shape index (κ1) is 19.3. The second kappa shape index (κ2) is 8.02. The number of aromatic nitrogens is 1. The number of nitrogens with two attached hydrogens (primary N) is 1. The Hall–Kier alpha value is -1.51. The third-order valence-electron chi connectivity index (χ3n) is 5.61. The fourth-order valence-electron chi connectivity index (χ4n) is 3.99. The number of carbonyl (C=O) groups is 1. The van der Waals surface area contributed by atoms with Crippen molar-refractivity contribution >= 4 is 15.9 Å². The summed E-state index contributed by atoms with van der Waals surface area (Å²) in [5, 5.41) is 0. The zero-order chi connectivity index (χ0) is 18.7. The Morgan fingerprint density at radius 3 is 2.62 bits per heavy atom. The molecule has 2 aliphatic rings. The van der Waals surface area contributed by atoms with Crippen molar-refractivity contribution in [3.63, 3.8) is 0 Å². The molecule has 1 aromatic rings. The van der Waals surface area contributed by atoms with Gasteiger partial charge in [0.1, 0.15) is 4.90 Å². The summed E-state index contributed by atoms with van der Waals surface area (Å²) < 4.78 is 26.8. The van der Waals surface area contributed by atoms with Gasteiger partial charge in [0.15, 0.2) is 0 Å². The molecule has 0 saturated carbocycles. The van der Waals surface area contributed by atoms with Crippen molar-refractivity contribution in [2.45, 2.75) is 43.5 Å². The van der Waals surface area contributed by atoms with Gasteiger partial charge in [-0.25, -0.2) is 8.42 Å². The molecule has 144 valence electrons. The molecule has 0 radical (unpaired) electrons. The van der Waals surface area contributed by atoms with Crippen LogP contribution in [0.25, 0.3) is 0 Å². The van der Waals surface area contributed by atoms with Gasteiger partial charge in [0.05, 0.1) is 0 Å². The molecular formula is C18H28N4O3S. The lowest BCUT2D eigenvalue weighted by molar-refractivity contribution is -0.141. The molecule has 0 aromatic carbocycles. The number of hydrogen-bond donors (Lipinski definition) is 1. The molecule has 2 unspecified atom stereocenters. The van der Waals surface area contributed by atoms with Crippen molar-refractivity contribution in [3.05, 3.63) is 24.5 Å². The fraction of sp³-hybridized carbons (Fsp3) is 0.667. The first-order valence-electron chi connectivity index (χ1n) is 9.34. The van der Waals surface area contributed by atoms with Gasteiger partial charge in [-0.05, 0) is 43.7 Å². The van der Waals surface area contributed by atoms with Gasteiger partial charge in [-0.15, -0.1) is 0 Å². The maximum absolute atomic E-state index is 12.9. The van der Waals surface area contributed by atoms with E-state index in [9.17, 15) is 13.2 Å². The summed E-state index contributed by atoms with van der Waals surface area (Å²) >= 11 is 0. The molecule has 3 rings (SSSR count). The molecule has 0 bridgehead atoms. The minimum atomic E-state index is -3.53. The third kappa shape index (κ3) is 3.92. The number of hydrogen-bond acceptors (Lipinski definition) is 5. The number of pyridine rings is 1. The van der Waals surface area contributed by atoms with Crippen LogP contribution in [-0.4, -0.2) is 60.7 Å². The molecule has 1 aromatic heterocycles. The van der Waals surface area contributed by atoms with Gasteiger partial charge in [0.25, 0.3) is 0 Å². The topological polar surface area (TPSA) is 96.6 Å². The minimum absolute atomic E-state index is 0.113. The summed E-state index contributed by atoms with van der Waals surface area (Å²) in [6, 6.07) is 3.29. The molecule has 0 aliphatic carbocycles. The molecular weight excluding hydrogens is 352 g/mol. The van der Waals surface area contributed by atoms with Crippen LogP contribution in [0.3, 0.4) is 0 Å². The van der Waals surface area contributed by atoms with Gasteiger partial charge < -0.3 is 10.6 Å². The van der Waals surface area contributed by atoms with Crippen LogP contribution in [0.15, 0.2) is 29.4 Å². The van der Waals surface area contributed by atoms with Crippen LogP contribution in [0.4, 0.5) is 0 Å². The number of carbonyl (C=O) groups excluding carboxylic acids is 1. The largest absolute Gasteiger partial charge is 0.338 e. The van der Waals surface area contributed by atoms with E-state index in [-0.39, 0.29) is 22.8 Å². The normalized spacial score (nSPS) is 26.0. The first-order chi connectivity index (χ1) is 12.4. The highest BCUT2D eigenvalue weighted by Crippen LogP contribution is 2.28. The SMILES string of the molecule is CC1CCN(C(=O)C2CCN(S(=O)(=O)c3cccnc3)CC2)C(CN)C1. The quantitative estimate of drug-likeness (QED) is 0.843. The van der Waals surface area contributed by atoms with E-state index in [4.69, 9.17) is 5.73 Å². The molecule has 2 fully saturated rings. The van der Waals surface area contributed by atoms with Gasteiger partial charge >= 0.3 is 0 Å². The van der Waals surface area contributed by atoms with Crippen molar-refractivity contribution < 1.29 is 13.2 Å². The second-order valence-corrected chi connectivity index (χ2v) is 9.36. The van der Waals surface area contributed by atoms with E-state index in [2.05, 4.69) is 11.9 Å². The van der Waals surface area contributed by atoms with Crippen LogP contribution in [0.2, 0.25) is 0 Å². The van der Waals surface area contributed by atoms with Crippen molar-refractivity contribution in [2.24, 2.45) is 17.6 Å². The van der Waals surface area contributed by atoms with E-state index < -0.39 is 10.0 Å². The predicted molar refractivity (Wildman–Crippen MR) is 98.7 cm³/mol. The molecule has 3 heterocycles. The zero-order valence-electron chi connectivity index (χ0n) is 15.3. The number of amides is 1. The maximum atomic E-state index is 12.9. The Balaban J connectivity index is 1.62.